The molecule has 1 heterocycles. The summed E-state index contributed by atoms with van der Waals surface area (Å²) in [7, 11) is 1.33. The summed E-state index contributed by atoms with van der Waals surface area (Å²) >= 11 is 1.16. The Balaban J connectivity index is 2.36. The minimum absolute atomic E-state index is 0.000934. The van der Waals surface area contributed by atoms with Gasteiger partial charge < -0.3 is 9.47 Å². The van der Waals surface area contributed by atoms with Gasteiger partial charge >= 0.3 is 5.97 Å². The Morgan fingerprint density at radius 2 is 2.05 bits per heavy atom. The van der Waals surface area contributed by atoms with Crippen molar-refractivity contribution < 1.29 is 23.9 Å². The molecule has 100 valence electrons. The number of ether oxygens (including phenoxy) is 2. The lowest BCUT2D eigenvalue weighted by Crippen LogP contribution is -2.21. The fourth-order valence-corrected chi connectivity index (χ4v) is 2.79. The first-order chi connectivity index (χ1) is 9.08. The lowest BCUT2D eigenvalue weighted by atomic mass is 9.98. The van der Waals surface area contributed by atoms with E-state index in [0.29, 0.717) is 22.6 Å². The summed E-state index contributed by atoms with van der Waals surface area (Å²) in [5.74, 6) is -1.60. The Bertz CT molecular complexity index is 582. The SMILES string of the molecule is CCOC(=O)Cc1csc2c1C=C(OC)C(=O)C2=O. The maximum atomic E-state index is 11.8. The van der Waals surface area contributed by atoms with E-state index in [9.17, 15) is 14.4 Å². The number of fused-ring (bicyclic) bond motifs is 1. The van der Waals surface area contributed by atoms with Gasteiger partial charge in [-0.2, -0.15) is 0 Å². The van der Waals surface area contributed by atoms with E-state index < -0.39 is 11.6 Å². The topological polar surface area (TPSA) is 69.7 Å². The normalized spacial score (nSPS) is 13.9. The van der Waals surface area contributed by atoms with E-state index in [1.165, 1.54) is 13.2 Å². The van der Waals surface area contributed by atoms with Gasteiger partial charge in [0.05, 0.1) is 25.0 Å². The molecule has 0 saturated carbocycles. The average Bonchev–Trinajstić information content (AvgIpc) is 2.77. The fraction of sp³-hybridized carbons (Fsp3) is 0.308. The fourth-order valence-electron chi connectivity index (χ4n) is 1.80. The minimum Gasteiger partial charge on any atom is -0.492 e. The standard InChI is InChI=1S/C13H12O5S/c1-3-18-10(14)4-7-6-19-13-8(7)5-9(17-2)11(15)12(13)16/h5-6H,3-4H2,1-2H3. The predicted molar refractivity (Wildman–Crippen MR) is 69.0 cm³/mol. The number of hydrogen-bond acceptors (Lipinski definition) is 6. The van der Waals surface area contributed by atoms with Crippen LogP contribution >= 0.6 is 11.3 Å². The van der Waals surface area contributed by atoms with Gasteiger partial charge in [-0.15, -0.1) is 11.3 Å². The van der Waals surface area contributed by atoms with Gasteiger partial charge in [-0.25, -0.2) is 0 Å². The van der Waals surface area contributed by atoms with Gasteiger partial charge in [0.1, 0.15) is 0 Å². The van der Waals surface area contributed by atoms with Gasteiger partial charge in [-0.1, -0.05) is 0 Å². The summed E-state index contributed by atoms with van der Waals surface area (Å²) < 4.78 is 9.76. The molecule has 1 aromatic heterocycles. The number of allylic oxidation sites excluding steroid dienone is 1. The largest absolute Gasteiger partial charge is 0.492 e. The predicted octanol–water partition coefficient (Wildman–Crippen LogP) is 1.61. The van der Waals surface area contributed by atoms with Crippen molar-refractivity contribution in [3.8, 4) is 0 Å². The quantitative estimate of drug-likeness (QED) is 0.619. The molecule has 0 aliphatic heterocycles. The maximum Gasteiger partial charge on any atom is 0.310 e. The molecular formula is C13H12O5S. The number of carbonyl (C=O) groups excluding carboxylic acids is 3. The molecule has 2 rings (SSSR count). The lowest BCUT2D eigenvalue weighted by Gasteiger charge is -2.11. The van der Waals surface area contributed by atoms with Crippen molar-refractivity contribution in [3.63, 3.8) is 0 Å². The molecule has 19 heavy (non-hydrogen) atoms. The molecule has 1 aromatic rings. The molecule has 0 spiro atoms. The van der Waals surface area contributed by atoms with E-state index in [2.05, 4.69) is 0 Å². The van der Waals surface area contributed by atoms with Crippen LogP contribution in [0.25, 0.3) is 6.08 Å². The number of rotatable bonds is 4. The summed E-state index contributed by atoms with van der Waals surface area (Å²) in [6, 6.07) is 0. The molecular weight excluding hydrogens is 268 g/mol. The number of carbonyl (C=O) groups is 3. The highest BCUT2D eigenvalue weighted by Crippen LogP contribution is 2.31. The Morgan fingerprint density at radius 3 is 2.68 bits per heavy atom. The zero-order chi connectivity index (χ0) is 14.0. The molecule has 0 fully saturated rings. The van der Waals surface area contributed by atoms with E-state index in [1.54, 1.807) is 12.3 Å². The molecule has 5 nitrogen and oxygen atoms in total. The Kier molecular flexibility index (Phi) is 3.80. The first-order valence-electron chi connectivity index (χ1n) is 5.69. The third-order valence-corrected chi connectivity index (χ3v) is 3.72. The van der Waals surface area contributed by atoms with Crippen LogP contribution in [0.1, 0.15) is 27.7 Å². The molecule has 0 radical (unpaired) electrons. The zero-order valence-electron chi connectivity index (χ0n) is 10.5. The van der Waals surface area contributed by atoms with Crippen LogP contribution in [-0.2, 0) is 25.5 Å². The number of Topliss-reactive ketones (excluding diaryl/α,β-unsaturated/α-hetero) is 2. The highest BCUT2D eigenvalue weighted by atomic mass is 32.1. The van der Waals surface area contributed by atoms with Crippen LogP contribution in [0, 0.1) is 0 Å². The van der Waals surface area contributed by atoms with Crippen molar-refractivity contribution in [2.24, 2.45) is 0 Å². The van der Waals surface area contributed by atoms with Gasteiger partial charge in [0.15, 0.2) is 5.76 Å². The number of esters is 1. The van der Waals surface area contributed by atoms with Gasteiger partial charge in [-0.3, -0.25) is 14.4 Å². The van der Waals surface area contributed by atoms with Crippen molar-refractivity contribution in [3.05, 3.63) is 27.1 Å². The summed E-state index contributed by atoms with van der Waals surface area (Å²) in [6.07, 6.45) is 1.58. The van der Waals surface area contributed by atoms with Crippen LogP contribution < -0.4 is 0 Å². The number of ketones is 2. The second kappa shape index (κ2) is 5.36. The van der Waals surface area contributed by atoms with E-state index in [0.717, 1.165) is 11.3 Å². The van der Waals surface area contributed by atoms with Crippen molar-refractivity contribution in [2.45, 2.75) is 13.3 Å². The summed E-state index contributed by atoms with van der Waals surface area (Å²) in [6.45, 7) is 2.04. The molecule has 0 N–H and O–H groups in total. The zero-order valence-corrected chi connectivity index (χ0v) is 11.3. The average molecular weight is 280 g/mol. The molecule has 0 bridgehead atoms. The first-order valence-corrected chi connectivity index (χ1v) is 6.57. The molecule has 6 heteroatoms. The first kappa shape index (κ1) is 13.5. The molecule has 0 unspecified atom stereocenters. The van der Waals surface area contributed by atoms with Crippen LogP contribution in [0.3, 0.4) is 0 Å². The second-order valence-corrected chi connectivity index (χ2v) is 4.74. The third kappa shape index (κ3) is 2.44. The van der Waals surface area contributed by atoms with Crippen LogP contribution in [0.15, 0.2) is 11.1 Å². The van der Waals surface area contributed by atoms with Gasteiger partial charge in [-0.05, 0) is 23.9 Å². The molecule has 0 amide bonds. The van der Waals surface area contributed by atoms with Gasteiger partial charge in [0.2, 0.25) is 5.78 Å². The van der Waals surface area contributed by atoms with Crippen molar-refractivity contribution in [2.75, 3.05) is 13.7 Å². The van der Waals surface area contributed by atoms with Crippen molar-refractivity contribution >= 4 is 34.9 Å². The van der Waals surface area contributed by atoms with Gasteiger partial charge in [0, 0.05) is 5.56 Å². The Labute approximate surface area is 113 Å². The molecule has 0 atom stereocenters. The Hall–Kier alpha value is -1.95. The van der Waals surface area contributed by atoms with E-state index >= 15 is 0 Å². The summed E-state index contributed by atoms with van der Waals surface area (Å²) in [5, 5.41) is 1.70. The Morgan fingerprint density at radius 1 is 1.32 bits per heavy atom. The molecule has 1 aliphatic rings. The highest BCUT2D eigenvalue weighted by molar-refractivity contribution is 7.13. The smallest absolute Gasteiger partial charge is 0.310 e. The van der Waals surface area contributed by atoms with Crippen molar-refractivity contribution in [1.82, 2.24) is 0 Å². The molecule has 0 saturated heterocycles. The maximum absolute atomic E-state index is 11.8. The number of thiophene rings is 1. The van der Waals surface area contributed by atoms with Crippen molar-refractivity contribution in [1.29, 1.82) is 0 Å². The number of hydrogen-bond donors (Lipinski definition) is 0. The lowest BCUT2D eigenvalue weighted by molar-refractivity contribution is -0.142. The van der Waals surface area contributed by atoms with Crippen LogP contribution in [0.5, 0.6) is 0 Å². The van der Waals surface area contributed by atoms with Crippen LogP contribution in [-0.4, -0.2) is 31.3 Å². The summed E-state index contributed by atoms with van der Waals surface area (Å²) in [5.41, 5.74) is 1.26. The second-order valence-electron chi connectivity index (χ2n) is 3.86. The minimum atomic E-state index is -0.653. The molecule has 0 aromatic carbocycles. The van der Waals surface area contributed by atoms with E-state index in [4.69, 9.17) is 9.47 Å². The highest BCUT2D eigenvalue weighted by Gasteiger charge is 2.31. The number of methoxy groups -OCH3 is 1. The van der Waals surface area contributed by atoms with E-state index in [1.807, 2.05) is 0 Å². The van der Waals surface area contributed by atoms with Crippen LogP contribution in [0.2, 0.25) is 0 Å². The van der Waals surface area contributed by atoms with E-state index in [-0.39, 0.29) is 18.1 Å². The summed E-state index contributed by atoms with van der Waals surface area (Å²) in [4.78, 5) is 35.3. The third-order valence-electron chi connectivity index (χ3n) is 2.68. The monoisotopic (exact) mass is 280 g/mol. The molecule has 1 aliphatic carbocycles. The van der Waals surface area contributed by atoms with Gasteiger partial charge in [0.25, 0.3) is 5.78 Å². The van der Waals surface area contributed by atoms with Crippen LogP contribution in [0.4, 0.5) is 0 Å².